The van der Waals surface area contributed by atoms with E-state index in [-0.39, 0.29) is 40.0 Å². The largest absolute Gasteiger partial charge is 0.315 e. The highest BCUT2D eigenvalue weighted by Crippen LogP contribution is 2.34. The minimum absolute atomic E-state index is 0. The second-order valence-electron chi connectivity index (χ2n) is 5.47. The highest BCUT2D eigenvalue weighted by molar-refractivity contribution is 7.89. The molecule has 2 bridgehead atoms. The minimum atomic E-state index is -3.57. The third-order valence-corrected chi connectivity index (χ3v) is 6.54. The average molecular weight is 362 g/mol. The molecule has 0 spiro atoms. The Morgan fingerprint density at radius 2 is 2.00 bits per heavy atom. The first-order valence-corrected chi connectivity index (χ1v) is 8.80. The van der Waals surface area contributed by atoms with Crippen LogP contribution in [0.4, 0.5) is 0 Å². The molecule has 2 fully saturated rings. The summed E-state index contributed by atoms with van der Waals surface area (Å²) in [6, 6.07) is 6.33. The van der Waals surface area contributed by atoms with Gasteiger partial charge in [0.05, 0.1) is 15.5 Å². The van der Waals surface area contributed by atoms with Gasteiger partial charge in [0.1, 0.15) is 6.07 Å². The van der Waals surface area contributed by atoms with Gasteiger partial charge in [0.15, 0.2) is 0 Å². The predicted molar refractivity (Wildman–Crippen MR) is 86.7 cm³/mol. The van der Waals surface area contributed by atoms with Crippen molar-refractivity contribution in [2.45, 2.75) is 36.2 Å². The lowest BCUT2D eigenvalue weighted by Gasteiger charge is -2.27. The van der Waals surface area contributed by atoms with Gasteiger partial charge in [-0.3, -0.25) is 0 Å². The smallest absolute Gasteiger partial charge is 0.243 e. The standard InChI is InChI=1S/C14H16ClN3O2S.ClH/c15-14-7-13(4-1-10(14)8-16)21(19,20)18-11-2-3-12(18)9-17-6-5-11;/h1,4,7,11-12,17H,2-3,5-6,9H2;1H. The van der Waals surface area contributed by atoms with Crippen molar-refractivity contribution in [3.05, 3.63) is 28.8 Å². The summed E-state index contributed by atoms with van der Waals surface area (Å²) in [6.07, 6.45) is 2.64. The van der Waals surface area contributed by atoms with Crippen molar-refractivity contribution >= 4 is 34.0 Å². The van der Waals surface area contributed by atoms with Crippen molar-refractivity contribution in [1.29, 1.82) is 5.26 Å². The van der Waals surface area contributed by atoms with Gasteiger partial charge in [-0.2, -0.15) is 9.57 Å². The molecule has 0 radical (unpaired) electrons. The maximum Gasteiger partial charge on any atom is 0.243 e. The molecule has 2 atom stereocenters. The fourth-order valence-corrected chi connectivity index (χ4v) is 5.41. The molecular formula is C14H17Cl2N3O2S. The Morgan fingerprint density at radius 1 is 1.27 bits per heavy atom. The number of halogens is 2. The molecule has 1 aromatic carbocycles. The number of hydrogen-bond acceptors (Lipinski definition) is 4. The molecule has 0 aliphatic carbocycles. The normalized spacial score (nSPS) is 25.1. The van der Waals surface area contributed by atoms with E-state index < -0.39 is 10.0 Å². The van der Waals surface area contributed by atoms with Crippen molar-refractivity contribution in [3.63, 3.8) is 0 Å². The highest BCUT2D eigenvalue weighted by Gasteiger charge is 2.43. The summed E-state index contributed by atoms with van der Waals surface area (Å²) >= 11 is 5.98. The van der Waals surface area contributed by atoms with Gasteiger partial charge in [-0.15, -0.1) is 12.4 Å². The fraction of sp³-hybridized carbons (Fsp3) is 0.500. The molecular weight excluding hydrogens is 345 g/mol. The molecule has 0 aromatic heterocycles. The SMILES string of the molecule is Cl.N#Cc1ccc(S(=O)(=O)N2C3CCNCC2CC3)cc1Cl. The Bertz CT molecular complexity index is 689. The van der Waals surface area contributed by atoms with E-state index in [0.29, 0.717) is 6.54 Å². The van der Waals surface area contributed by atoms with E-state index >= 15 is 0 Å². The van der Waals surface area contributed by atoms with Gasteiger partial charge in [-0.25, -0.2) is 8.42 Å². The summed E-state index contributed by atoms with van der Waals surface area (Å²) in [6.45, 7) is 1.54. The van der Waals surface area contributed by atoms with Gasteiger partial charge in [-0.05, 0) is 44.0 Å². The van der Waals surface area contributed by atoms with Gasteiger partial charge in [0, 0.05) is 18.6 Å². The molecule has 2 unspecified atom stereocenters. The van der Waals surface area contributed by atoms with Gasteiger partial charge in [-0.1, -0.05) is 11.6 Å². The van der Waals surface area contributed by atoms with Gasteiger partial charge < -0.3 is 5.32 Å². The van der Waals surface area contributed by atoms with Crippen LogP contribution < -0.4 is 5.32 Å². The number of benzene rings is 1. The number of nitrogens with one attached hydrogen (secondary N) is 1. The number of hydrogen-bond donors (Lipinski definition) is 1. The molecule has 3 rings (SSSR count). The zero-order valence-electron chi connectivity index (χ0n) is 11.8. The summed E-state index contributed by atoms with van der Waals surface area (Å²) in [4.78, 5) is 0.172. The van der Waals surface area contributed by atoms with Crippen molar-refractivity contribution < 1.29 is 8.42 Å². The molecule has 2 saturated heterocycles. The van der Waals surface area contributed by atoms with E-state index in [2.05, 4.69) is 5.32 Å². The average Bonchev–Trinajstić information content (AvgIpc) is 2.72. The van der Waals surface area contributed by atoms with Crippen molar-refractivity contribution in [2.75, 3.05) is 13.1 Å². The topological polar surface area (TPSA) is 73.2 Å². The molecule has 22 heavy (non-hydrogen) atoms. The number of nitrogens with zero attached hydrogens (tertiary/aromatic N) is 2. The number of sulfonamides is 1. The molecule has 2 heterocycles. The highest BCUT2D eigenvalue weighted by atomic mass is 35.5. The number of fused-ring (bicyclic) bond motifs is 2. The molecule has 0 saturated carbocycles. The first kappa shape index (κ1) is 17.5. The van der Waals surface area contributed by atoms with Gasteiger partial charge >= 0.3 is 0 Å². The molecule has 2 aliphatic heterocycles. The van der Waals surface area contributed by atoms with E-state index in [4.69, 9.17) is 16.9 Å². The van der Waals surface area contributed by atoms with Crippen LogP contribution in [-0.2, 0) is 10.0 Å². The van der Waals surface area contributed by atoms with E-state index in [9.17, 15) is 8.42 Å². The lowest BCUT2D eigenvalue weighted by Crippen LogP contribution is -2.42. The van der Waals surface area contributed by atoms with E-state index in [1.165, 1.54) is 18.2 Å². The number of rotatable bonds is 2. The summed E-state index contributed by atoms with van der Waals surface area (Å²) in [5.74, 6) is 0. The van der Waals surface area contributed by atoms with Gasteiger partial charge in [0.25, 0.3) is 0 Å². The molecule has 120 valence electrons. The summed E-state index contributed by atoms with van der Waals surface area (Å²) in [5, 5.41) is 12.4. The lowest BCUT2D eigenvalue weighted by atomic mass is 10.1. The third kappa shape index (κ3) is 2.97. The Balaban J connectivity index is 0.00000176. The summed E-state index contributed by atoms with van der Waals surface area (Å²) in [7, 11) is -3.57. The predicted octanol–water partition coefficient (Wildman–Crippen LogP) is 2.15. The molecule has 1 N–H and O–H groups in total. The maximum atomic E-state index is 12.9. The van der Waals surface area contributed by atoms with Crippen LogP contribution in [0.15, 0.2) is 23.1 Å². The van der Waals surface area contributed by atoms with Crippen LogP contribution in [0.5, 0.6) is 0 Å². The zero-order chi connectivity index (χ0) is 15.0. The molecule has 2 aliphatic rings. The maximum absolute atomic E-state index is 12.9. The number of nitriles is 1. The van der Waals surface area contributed by atoms with Crippen LogP contribution in [0.2, 0.25) is 5.02 Å². The monoisotopic (exact) mass is 361 g/mol. The molecule has 1 aromatic rings. The Labute approximate surface area is 141 Å². The first-order valence-electron chi connectivity index (χ1n) is 6.98. The quantitative estimate of drug-likeness (QED) is 0.875. The first-order chi connectivity index (χ1) is 10.0. The zero-order valence-corrected chi connectivity index (χ0v) is 14.2. The van der Waals surface area contributed by atoms with E-state index in [1.54, 1.807) is 4.31 Å². The lowest BCUT2D eigenvalue weighted by molar-refractivity contribution is 0.334. The molecule has 8 heteroatoms. The summed E-state index contributed by atoms with van der Waals surface area (Å²) < 4.78 is 27.5. The van der Waals surface area contributed by atoms with Crippen LogP contribution in [0.1, 0.15) is 24.8 Å². The van der Waals surface area contributed by atoms with Crippen LogP contribution in [0.25, 0.3) is 0 Å². The van der Waals surface area contributed by atoms with Crippen molar-refractivity contribution in [3.8, 4) is 6.07 Å². The fourth-order valence-electron chi connectivity index (χ4n) is 3.20. The Hall–Kier alpha value is -0.840. The minimum Gasteiger partial charge on any atom is -0.315 e. The second-order valence-corrected chi connectivity index (χ2v) is 7.72. The van der Waals surface area contributed by atoms with Crippen LogP contribution >= 0.6 is 24.0 Å². The molecule has 5 nitrogen and oxygen atoms in total. The summed E-state index contributed by atoms with van der Waals surface area (Å²) in [5.41, 5.74) is 0.288. The Morgan fingerprint density at radius 3 is 2.68 bits per heavy atom. The molecule has 0 amide bonds. The van der Waals surface area contributed by atoms with E-state index in [1.807, 2.05) is 6.07 Å². The van der Waals surface area contributed by atoms with Crippen molar-refractivity contribution in [2.24, 2.45) is 0 Å². The Kier molecular flexibility index (Phi) is 5.36. The van der Waals surface area contributed by atoms with Crippen LogP contribution in [-0.4, -0.2) is 37.9 Å². The van der Waals surface area contributed by atoms with Crippen LogP contribution in [0, 0.1) is 11.3 Å². The van der Waals surface area contributed by atoms with Crippen molar-refractivity contribution in [1.82, 2.24) is 9.62 Å². The second kappa shape index (κ2) is 6.73. The van der Waals surface area contributed by atoms with Gasteiger partial charge in [0.2, 0.25) is 10.0 Å². The van der Waals surface area contributed by atoms with Crippen LogP contribution in [0.3, 0.4) is 0 Å². The third-order valence-electron chi connectivity index (χ3n) is 4.22. The van der Waals surface area contributed by atoms with E-state index in [0.717, 1.165) is 25.8 Å².